The minimum absolute atomic E-state index is 0. The Labute approximate surface area is 186 Å². The number of aromatic nitrogens is 1. The van der Waals surface area contributed by atoms with Gasteiger partial charge < -0.3 is 33.0 Å². The Kier molecular flexibility index (Phi) is 14.1. The van der Waals surface area contributed by atoms with E-state index < -0.39 is 7.12 Å². The average molecular weight is 447 g/mol. The van der Waals surface area contributed by atoms with E-state index in [-0.39, 0.29) is 15.9 Å². The van der Waals surface area contributed by atoms with Crippen molar-refractivity contribution in [3.63, 3.8) is 0 Å². The predicted octanol–water partition coefficient (Wildman–Crippen LogP) is 2.16. The van der Waals surface area contributed by atoms with Gasteiger partial charge in [-0.25, -0.2) is 4.98 Å². The third-order valence-corrected chi connectivity index (χ3v) is 5.03. The molecule has 2 heterocycles. The molecule has 1 aliphatic heterocycles. The number of ether oxygens (including phenoxy) is 5. The molecule has 1 aliphatic rings. The zero-order valence-electron chi connectivity index (χ0n) is 20.2. The van der Waals surface area contributed by atoms with Gasteiger partial charge in [-0.1, -0.05) is 0 Å². The molecule has 0 amide bonds. The molecule has 0 N–H and O–H groups in total. The van der Waals surface area contributed by atoms with Crippen LogP contribution in [0, 0.1) is 6.92 Å². The van der Waals surface area contributed by atoms with E-state index in [1.165, 1.54) is 0 Å². The minimum Gasteiger partial charge on any atom is -0.475 e. The number of rotatable bonds is 11. The van der Waals surface area contributed by atoms with Gasteiger partial charge in [0.15, 0.2) is 0 Å². The summed E-state index contributed by atoms with van der Waals surface area (Å²) in [7, 11) is 4.54. The predicted molar refractivity (Wildman–Crippen MR) is 119 cm³/mol. The van der Waals surface area contributed by atoms with Crippen molar-refractivity contribution in [2.24, 2.45) is 0 Å². The van der Waals surface area contributed by atoms with E-state index in [1.54, 1.807) is 27.5 Å². The Bertz CT molecular complexity index is 599. The zero-order chi connectivity index (χ0) is 22.6. The molecule has 0 unspecified atom stereocenters. The van der Waals surface area contributed by atoms with Gasteiger partial charge in [0, 0.05) is 39.1 Å². The van der Waals surface area contributed by atoms with E-state index in [1.807, 2.05) is 40.7 Å². The summed E-state index contributed by atoms with van der Waals surface area (Å²) >= 11 is 0. The van der Waals surface area contributed by atoms with Gasteiger partial charge in [-0.3, -0.25) is 4.70 Å². The molecule has 1 aromatic rings. The first-order valence-electron chi connectivity index (χ1n) is 10.2. The van der Waals surface area contributed by atoms with Crippen LogP contribution in [0.2, 0.25) is 0 Å². The van der Waals surface area contributed by atoms with Crippen LogP contribution in [0.1, 0.15) is 33.3 Å². The van der Waals surface area contributed by atoms with Crippen molar-refractivity contribution in [1.82, 2.24) is 4.98 Å². The first-order valence-corrected chi connectivity index (χ1v) is 10.2. The molecule has 1 aromatic heterocycles. The Morgan fingerprint density at radius 1 is 0.839 bits per heavy atom. The third-order valence-electron chi connectivity index (χ3n) is 5.03. The van der Waals surface area contributed by atoms with Crippen LogP contribution in [0.4, 0.5) is 4.70 Å². The van der Waals surface area contributed by atoms with Gasteiger partial charge in [-0.15, -0.1) is 0 Å². The third kappa shape index (κ3) is 9.80. The van der Waals surface area contributed by atoms with E-state index in [0.717, 1.165) is 11.0 Å². The van der Waals surface area contributed by atoms with Crippen LogP contribution in [0.15, 0.2) is 12.3 Å². The second kappa shape index (κ2) is 14.7. The molecule has 8 nitrogen and oxygen atoms in total. The van der Waals surface area contributed by atoms with E-state index in [2.05, 4.69) is 14.5 Å². The maximum absolute atomic E-state index is 6.07. The molecule has 0 radical (unpaired) electrons. The van der Waals surface area contributed by atoms with Crippen molar-refractivity contribution < 1.29 is 37.7 Å². The fraction of sp³-hybridized carbons (Fsp3) is 0.762. The molecule has 0 bridgehead atoms. The molecule has 0 saturated carbocycles. The molecule has 2 rings (SSSR count). The van der Waals surface area contributed by atoms with Crippen molar-refractivity contribution in [3.05, 3.63) is 17.8 Å². The van der Waals surface area contributed by atoms with Crippen LogP contribution < -0.4 is 10.2 Å². The number of pyridine rings is 1. The van der Waals surface area contributed by atoms with Gasteiger partial charge in [0.1, 0.15) is 6.61 Å². The van der Waals surface area contributed by atoms with E-state index in [0.29, 0.717) is 45.5 Å². The summed E-state index contributed by atoms with van der Waals surface area (Å²) in [5.74, 6) is 0.572. The molecule has 1 fully saturated rings. The second-order valence-electron chi connectivity index (χ2n) is 7.91. The Balaban J connectivity index is 0.00000113. The van der Waals surface area contributed by atoms with Crippen molar-refractivity contribution in [2.75, 3.05) is 61.0 Å². The van der Waals surface area contributed by atoms with Crippen molar-refractivity contribution in [3.8, 4) is 5.88 Å². The van der Waals surface area contributed by atoms with Gasteiger partial charge in [0.2, 0.25) is 5.88 Å². The maximum Gasteiger partial charge on any atom is 0.496 e. The number of nitrogens with zero attached hydrogens (tertiary/aromatic N) is 1. The molecule has 180 valence electrons. The number of methoxy groups -OCH3 is 3. The second-order valence-corrected chi connectivity index (χ2v) is 7.91. The SMILES string of the molecule is COCCOC.COCCOCCOc1cc(C)c(B2OC(C)(C)C(C)(C)O2)cn1.F. The Morgan fingerprint density at radius 2 is 1.32 bits per heavy atom. The summed E-state index contributed by atoms with van der Waals surface area (Å²) in [6.07, 6.45) is 1.76. The van der Waals surface area contributed by atoms with Crippen LogP contribution >= 0.6 is 0 Å². The van der Waals surface area contributed by atoms with Gasteiger partial charge in [-0.05, 0) is 40.2 Å². The standard InChI is InChI=1S/C17H28BNO5.C4H10O2.FH/c1-13-11-15(22-10-9-21-8-7-20-6)19-12-14(13)18-23-16(2,3)17(4,5)24-18;1-5-3-4-6-2;/h11-12H,7-10H2,1-6H3;3-4H2,1-2H3;1H. The number of hydrogen-bond donors (Lipinski definition) is 0. The highest BCUT2D eigenvalue weighted by Gasteiger charge is 2.52. The summed E-state index contributed by atoms with van der Waals surface area (Å²) in [6, 6.07) is 1.90. The lowest BCUT2D eigenvalue weighted by atomic mass is 9.77. The molecular formula is C21H39BFNO7. The first kappa shape index (κ1) is 29.7. The van der Waals surface area contributed by atoms with Crippen LogP contribution in [0.5, 0.6) is 5.88 Å². The largest absolute Gasteiger partial charge is 0.496 e. The first-order chi connectivity index (χ1) is 14.2. The Hall–Kier alpha value is -1.30. The summed E-state index contributed by atoms with van der Waals surface area (Å²) in [6.45, 7) is 13.6. The van der Waals surface area contributed by atoms with Crippen LogP contribution in [-0.4, -0.2) is 84.3 Å². The number of hydrogen-bond acceptors (Lipinski definition) is 8. The zero-order valence-corrected chi connectivity index (χ0v) is 20.2. The van der Waals surface area contributed by atoms with Gasteiger partial charge in [0.05, 0.1) is 44.2 Å². The average Bonchev–Trinajstić information content (AvgIpc) is 2.90. The van der Waals surface area contributed by atoms with Crippen molar-refractivity contribution in [2.45, 2.75) is 45.8 Å². The fourth-order valence-corrected chi connectivity index (χ4v) is 2.45. The number of aryl methyl sites for hydroxylation is 1. The number of halogens is 1. The van der Waals surface area contributed by atoms with Crippen molar-refractivity contribution in [1.29, 1.82) is 0 Å². The maximum atomic E-state index is 6.07. The summed E-state index contributed by atoms with van der Waals surface area (Å²) in [4.78, 5) is 4.35. The smallest absolute Gasteiger partial charge is 0.475 e. The van der Waals surface area contributed by atoms with E-state index >= 15 is 0 Å². The van der Waals surface area contributed by atoms with Gasteiger partial charge in [-0.2, -0.15) is 0 Å². The highest BCUT2D eigenvalue weighted by molar-refractivity contribution is 6.62. The lowest BCUT2D eigenvalue weighted by Crippen LogP contribution is -2.41. The van der Waals surface area contributed by atoms with Crippen LogP contribution in [0.3, 0.4) is 0 Å². The fourth-order valence-electron chi connectivity index (χ4n) is 2.45. The molecule has 0 aliphatic carbocycles. The van der Waals surface area contributed by atoms with Gasteiger partial charge in [0.25, 0.3) is 0 Å². The van der Waals surface area contributed by atoms with Gasteiger partial charge >= 0.3 is 7.12 Å². The van der Waals surface area contributed by atoms with Crippen LogP contribution in [0.25, 0.3) is 0 Å². The summed E-state index contributed by atoms with van der Waals surface area (Å²) in [5, 5.41) is 0. The van der Waals surface area contributed by atoms with Crippen LogP contribution in [-0.2, 0) is 28.3 Å². The molecule has 10 heteroatoms. The lowest BCUT2D eigenvalue weighted by Gasteiger charge is -2.32. The summed E-state index contributed by atoms with van der Waals surface area (Å²) < 4.78 is 37.3. The Morgan fingerprint density at radius 3 is 1.81 bits per heavy atom. The lowest BCUT2D eigenvalue weighted by molar-refractivity contribution is 0.00578. The molecule has 0 atom stereocenters. The highest BCUT2D eigenvalue weighted by Crippen LogP contribution is 2.36. The van der Waals surface area contributed by atoms with E-state index in [9.17, 15) is 0 Å². The van der Waals surface area contributed by atoms with Crippen molar-refractivity contribution >= 4 is 12.6 Å². The highest BCUT2D eigenvalue weighted by atomic mass is 19.0. The van der Waals surface area contributed by atoms with E-state index in [4.69, 9.17) is 23.5 Å². The molecular weight excluding hydrogens is 408 g/mol. The summed E-state index contributed by atoms with van der Waals surface area (Å²) in [5.41, 5.74) is 1.23. The molecule has 31 heavy (non-hydrogen) atoms. The monoisotopic (exact) mass is 447 g/mol. The normalized spacial score (nSPS) is 16.3. The molecule has 0 aromatic carbocycles. The quantitative estimate of drug-likeness (QED) is 0.377. The molecule has 0 spiro atoms. The minimum atomic E-state index is -0.408. The topological polar surface area (TPSA) is 77.5 Å². The molecule has 1 saturated heterocycles.